The van der Waals surface area contributed by atoms with E-state index in [0.29, 0.717) is 13.0 Å². The lowest BCUT2D eigenvalue weighted by Gasteiger charge is -2.26. The highest BCUT2D eigenvalue weighted by Crippen LogP contribution is 2.01. The molecule has 21 heavy (non-hydrogen) atoms. The van der Waals surface area contributed by atoms with Crippen molar-refractivity contribution in [1.29, 1.82) is 0 Å². The molecule has 1 amide bonds. The molecule has 9 heteroatoms. The summed E-state index contributed by atoms with van der Waals surface area (Å²) in [6.45, 7) is 3.50. The molecule has 0 bridgehead atoms. The number of carbonyl (C=O) groups is 2. The normalized spacial score (nSPS) is 11.6. The number of aliphatic carboxylic acids is 1. The van der Waals surface area contributed by atoms with Crippen LogP contribution in [0.15, 0.2) is 0 Å². The molecule has 8 nitrogen and oxygen atoms in total. The first-order valence-electron chi connectivity index (χ1n) is 6.67. The molecule has 0 unspecified atom stereocenters. The van der Waals surface area contributed by atoms with Gasteiger partial charge in [0.1, 0.15) is 0 Å². The van der Waals surface area contributed by atoms with Crippen LogP contribution >= 0.6 is 0 Å². The second-order valence-corrected chi connectivity index (χ2v) is 6.74. The van der Waals surface area contributed by atoms with Gasteiger partial charge < -0.3 is 14.7 Å². The van der Waals surface area contributed by atoms with Crippen molar-refractivity contribution in [1.82, 2.24) is 9.62 Å². The summed E-state index contributed by atoms with van der Waals surface area (Å²) in [5.74, 6) is -1.57. The van der Waals surface area contributed by atoms with E-state index in [9.17, 15) is 18.0 Å². The standard InChI is InChI=1S/C12H24N2O6S/c1-10(2)14(6-5-12(16)17)11(15)9-13-21(18,19)8-4-7-20-3/h10,13H,4-9H2,1-3H3,(H,16,17). The van der Waals surface area contributed by atoms with Crippen molar-refractivity contribution in [2.45, 2.75) is 32.7 Å². The van der Waals surface area contributed by atoms with Crippen molar-refractivity contribution in [3.05, 3.63) is 0 Å². The molecule has 0 aromatic carbocycles. The molecule has 0 heterocycles. The van der Waals surface area contributed by atoms with E-state index in [1.165, 1.54) is 12.0 Å². The highest BCUT2D eigenvalue weighted by atomic mass is 32.2. The van der Waals surface area contributed by atoms with Crippen molar-refractivity contribution in [2.75, 3.05) is 32.6 Å². The first-order chi connectivity index (χ1) is 9.69. The number of sulfonamides is 1. The summed E-state index contributed by atoms with van der Waals surface area (Å²) < 4.78 is 30.3. The van der Waals surface area contributed by atoms with Gasteiger partial charge in [-0.15, -0.1) is 0 Å². The quantitative estimate of drug-likeness (QED) is 0.502. The number of amides is 1. The maximum Gasteiger partial charge on any atom is 0.305 e. The minimum absolute atomic E-state index is 0.0528. The van der Waals surface area contributed by atoms with Crippen molar-refractivity contribution < 1.29 is 27.9 Å². The van der Waals surface area contributed by atoms with Gasteiger partial charge in [-0.1, -0.05) is 0 Å². The van der Waals surface area contributed by atoms with Crippen LogP contribution < -0.4 is 4.72 Å². The SMILES string of the molecule is COCCCS(=O)(=O)NCC(=O)N(CCC(=O)O)C(C)C. The van der Waals surface area contributed by atoms with Gasteiger partial charge in [0.2, 0.25) is 15.9 Å². The molecule has 0 saturated carbocycles. The maximum atomic E-state index is 12.0. The molecule has 0 saturated heterocycles. The molecule has 124 valence electrons. The van der Waals surface area contributed by atoms with Gasteiger partial charge in [0.15, 0.2) is 0 Å². The summed E-state index contributed by atoms with van der Waals surface area (Å²) in [5.41, 5.74) is 0. The van der Waals surface area contributed by atoms with E-state index in [0.717, 1.165) is 0 Å². The number of ether oxygens (including phenoxy) is 1. The fraction of sp³-hybridized carbons (Fsp3) is 0.833. The van der Waals surface area contributed by atoms with E-state index in [-0.39, 0.29) is 31.3 Å². The minimum Gasteiger partial charge on any atom is -0.481 e. The molecule has 0 aliphatic heterocycles. The Morgan fingerprint density at radius 1 is 1.33 bits per heavy atom. The third-order valence-corrected chi connectivity index (χ3v) is 4.13. The average Bonchev–Trinajstić information content (AvgIpc) is 2.36. The molecule has 0 aliphatic carbocycles. The number of methoxy groups -OCH3 is 1. The van der Waals surface area contributed by atoms with Gasteiger partial charge >= 0.3 is 5.97 Å². The van der Waals surface area contributed by atoms with Crippen molar-refractivity contribution in [3.8, 4) is 0 Å². The molecule has 2 N–H and O–H groups in total. The Labute approximate surface area is 125 Å². The van der Waals surface area contributed by atoms with E-state index in [1.54, 1.807) is 13.8 Å². The van der Waals surface area contributed by atoms with E-state index < -0.39 is 21.9 Å². The van der Waals surface area contributed by atoms with E-state index in [4.69, 9.17) is 9.84 Å². The zero-order valence-electron chi connectivity index (χ0n) is 12.7. The Morgan fingerprint density at radius 2 is 1.95 bits per heavy atom. The van der Waals surface area contributed by atoms with Crippen LogP contribution in [0.25, 0.3) is 0 Å². The van der Waals surface area contributed by atoms with Crippen LogP contribution in [0.1, 0.15) is 26.7 Å². The summed E-state index contributed by atoms with van der Waals surface area (Å²) >= 11 is 0. The molecule has 0 atom stereocenters. The van der Waals surface area contributed by atoms with Crippen molar-refractivity contribution >= 4 is 21.9 Å². The Balaban J connectivity index is 4.39. The van der Waals surface area contributed by atoms with Gasteiger partial charge in [-0.3, -0.25) is 9.59 Å². The number of nitrogens with zero attached hydrogens (tertiary/aromatic N) is 1. The number of nitrogens with one attached hydrogen (secondary N) is 1. The second kappa shape index (κ2) is 9.69. The number of hydrogen-bond acceptors (Lipinski definition) is 5. The van der Waals surface area contributed by atoms with Crippen molar-refractivity contribution in [3.63, 3.8) is 0 Å². The predicted octanol–water partition coefficient (Wildman–Crippen LogP) is -0.346. The van der Waals surface area contributed by atoms with Crippen LogP contribution in [0.4, 0.5) is 0 Å². The maximum absolute atomic E-state index is 12.0. The van der Waals surface area contributed by atoms with E-state index in [1.807, 2.05) is 0 Å². The first-order valence-corrected chi connectivity index (χ1v) is 8.32. The topological polar surface area (TPSA) is 113 Å². The minimum atomic E-state index is -3.53. The number of carbonyl (C=O) groups excluding carboxylic acids is 1. The lowest BCUT2D eigenvalue weighted by molar-refractivity contribution is -0.138. The summed E-state index contributed by atoms with van der Waals surface area (Å²) in [4.78, 5) is 23.8. The van der Waals surface area contributed by atoms with Gasteiger partial charge in [0.25, 0.3) is 0 Å². The summed E-state index contributed by atoms with van der Waals surface area (Å²) in [6.07, 6.45) is 0.164. The van der Waals surface area contributed by atoms with Crippen LogP contribution in [-0.4, -0.2) is 68.9 Å². The monoisotopic (exact) mass is 324 g/mol. The Morgan fingerprint density at radius 3 is 2.43 bits per heavy atom. The lowest BCUT2D eigenvalue weighted by atomic mass is 10.2. The number of carboxylic acids is 1. The van der Waals surface area contributed by atoms with Crippen LogP contribution in [-0.2, 0) is 24.3 Å². The van der Waals surface area contributed by atoms with Crippen molar-refractivity contribution in [2.24, 2.45) is 0 Å². The van der Waals surface area contributed by atoms with Crippen LogP contribution in [0.2, 0.25) is 0 Å². The zero-order valence-corrected chi connectivity index (χ0v) is 13.5. The third kappa shape index (κ3) is 9.38. The molecular weight excluding hydrogens is 300 g/mol. The molecule has 0 aromatic heterocycles. The van der Waals surface area contributed by atoms with Crippen LogP contribution in [0, 0.1) is 0 Å². The summed E-state index contributed by atoms with van der Waals surface area (Å²) in [6, 6.07) is -0.199. The molecule has 0 aliphatic rings. The summed E-state index contributed by atoms with van der Waals surface area (Å²) in [7, 11) is -2.05. The summed E-state index contributed by atoms with van der Waals surface area (Å²) in [5, 5.41) is 8.64. The Kier molecular flexibility index (Phi) is 9.14. The van der Waals surface area contributed by atoms with Gasteiger partial charge in [-0.2, -0.15) is 0 Å². The zero-order chi connectivity index (χ0) is 16.5. The first kappa shape index (κ1) is 19.8. The molecule has 0 rings (SSSR count). The van der Waals surface area contributed by atoms with Crippen LogP contribution in [0.3, 0.4) is 0 Å². The Hall–Kier alpha value is -1.19. The molecule has 0 fully saturated rings. The third-order valence-electron chi connectivity index (χ3n) is 2.72. The fourth-order valence-electron chi connectivity index (χ4n) is 1.63. The average molecular weight is 324 g/mol. The smallest absolute Gasteiger partial charge is 0.305 e. The Bertz CT molecular complexity index is 435. The highest BCUT2D eigenvalue weighted by Gasteiger charge is 2.20. The van der Waals surface area contributed by atoms with Gasteiger partial charge in [0.05, 0.1) is 18.7 Å². The molecule has 0 aromatic rings. The number of carboxylic acid groups (broad SMARTS) is 1. The second-order valence-electron chi connectivity index (χ2n) is 4.81. The predicted molar refractivity (Wildman–Crippen MR) is 77.4 cm³/mol. The van der Waals surface area contributed by atoms with Gasteiger partial charge in [-0.25, -0.2) is 13.1 Å². The lowest BCUT2D eigenvalue weighted by Crippen LogP contribution is -2.44. The van der Waals surface area contributed by atoms with E-state index in [2.05, 4.69) is 4.72 Å². The van der Waals surface area contributed by atoms with E-state index >= 15 is 0 Å². The molecule has 0 spiro atoms. The number of rotatable bonds is 11. The fourth-order valence-corrected chi connectivity index (χ4v) is 2.61. The van der Waals surface area contributed by atoms with Gasteiger partial charge in [0, 0.05) is 26.3 Å². The van der Waals surface area contributed by atoms with Crippen LogP contribution in [0.5, 0.6) is 0 Å². The molecule has 0 radical (unpaired) electrons. The highest BCUT2D eigenvalue weighted by molar-refractivity contribution is 7.89. The van der Waals surface area contributed by atoms with Gasteiger partial charge in [-0.05, 0) is 20.3 Å². The largest absolute Gasteiger partial charge is 0.481 e. The number of hydrogen-bond donors (Lipinski definition) is 2. The molecular formula is C12H24N2O6S.